The Bertz CT molecular complexity index is 606. The van der Waals surface area contributed by atoms with Gasteiger partial charge < -0.3 is 15.0 Å². The summed E-state index contributed by atoms with van der Waals surface area (Å²) < 4.78 is 5.81. The zero-order chi connectivity index (χ0) is 15.2. The Hall–Kier alpha value is -2.63. The fourth-order valence-electron chi connectivity index (χ4n) is 2.46. The molecule has 114 valence electrons. The molecule has 2 aromatic rings. The maximum absolute atomic E-state index is 12.3. The highest BCUT2D eigenvalue weighted by molar-refractivity contribution is 5.89. The van der Waals surface area contributed by atoms with Gasteiger partial charge in [0.25, 0.3) is 0 Å². The Kier molecular flexibility index (Phi) is 4.48. The van der Waals surface area contributed by atoms with Gasteiger partial charge in [0.1, 0.15) is 12.4 Å². The Labute approximate surface area is 129 Å². The number of carbonyl (C=O) groups is 1. The first-order valence-electron chi connectivity index (χ1n) is 7.35. The van der Waals surface area contributed by atoms with Gasteiger partial charge in [-0.05, 0) is 25.0 Å². The van der Waals surface area contributed by atoms with Crippen molar-refractivity contribution in [2.75, 3.05) is 18.4 Å². The zero-order valence-electron chi connectivity index (χ0n) is 12.2. The molecule has 1 atom stereocenters. The van der Waals surface area contributed by atoms with E-state index in [1.165, 1.54) is 6.33 Å². The Balaban J connectivity index is 1.57. The third kappa shape index (κ3) is 3.72. The van der Waals surface area contributed by atoms with Crippen LogP contribution in [0.4, 0.5) is 10.5 Å². The average molecular weight is 298 g/mol. The van der Waals surface area contributed by atoms with E-state index >= 15 is 0 Å². The summed E-state index contributed by atoms with van der Waals surface area (Å²) in [5.41, 5.74) is 0.798. The van der Waals surface area contributed by atoms with Gasteiger partial charge in [-0.25, -0.2) is 14.8 Å². The van der Waals surface area contributed by atoms with Crippen molar-refractivity contribution in [1.29, 1.82) is 0 Å². The molecule has 1 fully saturated rings. The van der Waals surface area contributed by atoms with Crippen molar-refractivity contribution in [3.8, 4) is 5.88 Å². The first-order chi connectivity index (χ1) is 10.8. The molecule has 0 saturated carbocycles. The normalized spacial score (nSPS) is 17.8. The van der Waals surface area contributed by atoms with E-state index in [2.05, 4.69) is 15.3 Å². The van der Waals surface area contributed by atoms with Gasteiger partial charge in [-0.3, -0.25) is 0 Å². The van der Waals surface area contributed by atoms with Crippen molar-refractivity contribution in [3.63, 3.8) is 0 Å². The van der Waals surface area contributed by atoms with E-state index < -0.39 is 0 Å². The lowest BCUT2D eigenvalue weighted by Crippen LogP contribution is -2.46. The Morgan fingerprint density at radius 1 is 1.27 bits per heavy atom. The van der Waals surface area contributed by atoms with Crippen molar-refractivity contribution in [2.45, 2.75) is 18.9 Å². The molecular formula is C16H18N4O2. The standard InChI is InChI=1S/C16H18N4O2/c21-16(19-13-5-2-1-3-6-13)20-10-4-7-14(11-20)22-15-8-9-17-12-18-15/h1-3,5-6,8-9,12,14H,4,7,10-11H2,(H,19,21)/t14-/m1/s1. The molecular weight excluding hydrogens is 280 g/mol. The summed E-state index contributed by atoms with van der Waals surface area (Å²) in [5, 5.41) is 2.90. The van der Waals surface area contributed by atoms with Gasteiger partial charge in [0.15, 0.2) is 0 Å². The largest absolute Gasteiger partial charge is 0.472 e. The summed E-state index contributed by atoms with van der Waals surface area (Å²) in [6.45, 7) is 1.30. The van der Waals surface area contributed by atoms with Crippen LogP contribution < -0.4 is 10.1 Å². The molecule has 2 amide bonds. The molecule has 3 rings (SSSR count). The number of rotatable bonds is 3. The number of hydrogen-bond donors (Lipinski definition) is 1. The van der Waals surface area contributed by atoms with Gasteiger partial charge in [-0.1, -0.05) is 18.2 Å². The average Bonchev–Trinajstić information content (AvgIpc) is 2.57. The first-order valence-corrected chi connectivity index (χ1v) is 7.35. The van der Waals surface area contributed by atoms with Crippen molar-refractivity contribution in [3.05, 3.63) is 48.9 Å². The third-order valence-corrected chi connectivity index (χ3v) is 3.53. The van der Waals surface area contributed by atoms with Crippen LogP contribution in [0.3, 0.4) is 0 Å². The first kappa shape index (κ1) is 14.3. The lowest BCUT2D eigenvalue weighted by Gasteiger charge is -2.32. The topological polar surface area (TPSA) is 67.4 Å². The number of nitrogens with zero attached hydrogens (tertiary/aromatic N) is 3. The number of carbonyl (C=O) groups excluding carboxylic acids is 1. The van der Waals surface area contributed by atoms with Crippen LogP contribution in [-0.2, 0) is 0 Å². The number of hydrogen-bond acceptors (Lipinski definition) is 4. The van der Waals surface area contributed by atoms with Gasteiger partial charge in [0.05, 0.1) is 6.54 Å². The lowest BCUT2D eigenvalue weighted by atomic mass is 10.1. The summed E-state index contributed by atoms with van der Waals surface area (Å²) in [4.78, 5) is 22.0. The van der Waals surface area contributed by atoms with Gasteiger partial charge in [0, 0.05) is 24.5 Å². The minimum Gasteiger partial charge on any atom is -0.472 e. The van der Waals surface area contributed by atoms with Crippen molar-refractivity contribution < 1.29 is 9.53 Å². The molecule has 1 aliphatic heterocycles. The predicted octanol–water partition coefficient (Wildman–Crippen LogP) is 2.55. The van der Waals surface area contributed by atoms with E-state index in [-0.39, 0.29) is 12.1 Å². The van der Waals surface area contributed by atoms with Gasteiger partial charge in [0.2, 0.25) is 5.88 Å². The van der Waals surface area contributed by atoms with E-state index in [0.29, 0.717) is 12.4 Å². The van der Waals surface area contributed by atoms with Crippen LogP contribution in [-0.4, -0.2) is 40.1 Å². The molecule has 2 heterocycles. The molecule has 6 nitrogen and oxygen atoms in total. The summed E-state index contributed by atoms with van der Waals surface area (Å²) in [6.07, 6.45) is 4.89. The fourth-order valence-corrected chi connectivity index (χ4v) is 2.46. The number of nitrogens with one attached hydrogen (secondary N) is 1. The highest BCUT2D eigenvalue weighted by Gasteiger charge is 2.25. The summed E-state index contributed by atoms with van der Waals surface area (Å²) in [5.74, 6) is 0.547. The van der Waals surface area contributed by atoms with Gasteiger partial charge in [-0.2, -0.15) is 0 Å². The Morgan fingerprint density at radius 3 is 2.91 bits per heavy atom. The van der Waals surface area contributed by atoms with Crippen molar-refractivity contribution in [2.24, 2.45) is 0 Å². The van der Waals surface area contributed by atoms with E-state index in [1.807, 2.05) is 30.3 Å². The number of urea groups is 1. The quantitative estimate of drug-likeness (QED) is 0.945. The van der Waals surface area contributed by atoms with Gasteiger partial charge >= 0.3 is 6.03 Å². The Morgan fingerprint density at radius 2 is 2.14 bits per heavy atom. The van der Waals surface area contributed by atoms with Crippen LogP contribution in [0, 0.1) is 0 Å². The minimum absolute atomic E-state index is 0.0369. The molecule has 0 unspecified atom stereocenters. The van der Waals surface area contributed by atoms with E-state index in [0.717, 1.165) is 25.1 Å². The molecule has 22 heavy (non-hydrogen) atoms. The number of piperidine rings is 1. The maximum atomic E-state index is 12.3. The monoisotopic (exact) mass is 298 g/mol. The van der Waals surface area contributed by atoms with Gasteiger partial charge in [-0.15, -0.1) is 0 Å². The molecule has 0 radical (unpaired) electrons. The number of aromatic nitrogens is 2. The number of amides is 2. The molecule has 6 heteroatoms. The van der Waals surface area contributed by atoms with Crippen LogP contribution in [0.25, 0.3) is 0 Å². The minimum atomic E-state index is -0.0952. The van der Waals surface area contributed by atoms with Crippen molar-refractivity contribution in [1.82, 2.24) is 14.9 Å². The SMILES string of the molecule is O=C(Nc1ccccc1)N1CCC[C@@H](Oc2ccncn2)C1. The number of anilines is 1. The second kappa shape index (κ2) is 6.89. The molecule has 1 aromatic carbocycles. The number of likely N-dealkylation sites (tertiary alicyclic amines) is 1. The number of benzene rings is 1. The molecule has 0 bridgehead atoms. The fraction of sp³-hybridized carbons (Fsp3) is 0.312. The van der Waals surface area contributed by atoms with E-state index in [9.17, 15) is 4.79 Å². The second-order valence-electron chi connectivity index (χ2n) is 5.17. The van der Waals surface area contributed by atoms with Crippen LogP contribution in [0.5, 0.6) is 5.88 Å². The van der Waals surface area contributed by atoms with Crippen molar-refractivity contribution >= 4 is 11.7 Å². The third-order valence-electron chi connectivity index (χ3n) is 3.53. The molecule has 1 aliphatic rings. The highest BCUT2D eigenvalue weighted by Crippen LogP contribution is 2.17. The van der Waals surface area contributed by atoms with E-state index in [4.69, 9.17) is 4.74 Å². The van der Waals surface area contributed by atoms with Crippen LogP contribution in [0.15, 0.2) is 48.9 Å². The smallest absolute Gasteiger partial charge is 0.321 e. The molecule has 1 aromatic heterocycles. The maximum Gasteiger partial charge on any atom is 0.321 e. The number of para-hydroxylation sites is 1. The zero-order valence-corrected chi connectivity index (χ0v) is 12.2. The van der Waals surface area contributed by atoms with E-state index in [1.54, 1.807) is 17.2 Å². The molecule has 1 saturated heterocycles. The second-order valence-corrected chi connectivity index (χ2v) is 5.17. The number of ether oxygens (including phenoxy) is 1. The predicted molar refractivity (Wildman–Crippen MR) is 82.7 cm³/mol. The lowest BCUT2D eigenvalue weighted by molar-refractivity contribution is 0.102. The molecule has 1 N–H and O–H groups in total. The van der Waals surface area contributed by atoms with Crippen LogP contribution in [0.1, 0.15) is 12.8 Å². The molecule has 0 aliphatic carbocycles. The highest BCUT2D eigenvalue weighted by atomic mass is 16.5. The summed E-state index contributed by atoms with van der Waals surface area (Å²) in [7, 11) is 0. The summed E-state index contributed by atoms with van der Waals surface area (Å²) >= 11 is 0. The van der Waals surface area contributed by atoms with Crippen LogP contribution in [0.2, 0.25) is 0 Å². The van der Waals surface area contributed by atoms with Crippen LogP contribution >= 0.6 is 0 Å². The summed E-state index contributed by atoms with van der Waals surface area (Å²) in [6, 6.07) is 11.1. The molecule has 0 spiro atoms.